The maximum absolute atomic E-state index is 10.9. The minimum Gasteiger partial charge on any atom is -0.497 e. The molecule has 1 aromatic carbocycles. The predicted molar refractivity (Wildman–Crippen MR) is 74.8 cm³/mol. The van der Waals surface area contributed by atoms with Crippen molar-refractivity contribution in [1.82, 2.24) is 10.6 Å². The van der Waals surface area contributed by atoms with Crippen molar-refractivity contribution in [3.05, 3.63) is 29.8 Å². The molecule has 1 rings (SSSR count). The summed E-state index contributed by atoms with van der Waals surface area (Å²) in [6.07, 6.45) is 0.774. The van der Waals surface area contributed by atoms with Gasteiger partial charge in [0.05, 0.1) is 7.11 Å². The highest BCUT2D eigenvalue weighted by Crippen LogP contribution is 2.11. The number of aliphatic carboxylic acids is 1. The molecule has 0 aliphatic carbocycles. The van der Waals surface area contributed by atoms with Crippen molar-refractivity contribution in [3.63, 3.8) is 0 Å². The van der Waals surface area contributed by atoms with Gasteiger partial charge in [-0.1, -0.05) is 12.1 Å². The largest absolute Gasteiger partial charge is 0.497 e. The van der Waals surface area contributed by atoms with Crippen molar-refractivity contribution >= 4 is 11.9 Å². The van der Waals surface area contributed by atoms with Gasteiger partial charge in [0.1, 0.15) is 11.8 Å². The lowest BCUT2D eigenvalue weighted by atomic mass is 10.1. The average Bonchev–Trinajstić information content (AvgIpc) is 2.42. The summed E-state index contributed by atoms with van der Waals surface area (Å²) in [7, 11) is 1.62. The number of methoxy groups -OCH3 is 1. The number of carboxylic acids is 1. The zero-order valence-corrected chi connectivity index (χ0v) is 11.7. The van der Waals surface area contributed by atoms with Crippen molar-refractivity contribution in [3.8, 4) is 5.75 Å². The molecule has 0 saturated carbocycles. The first kappa shape index (κ1) is 16.0. The lowest BCUT2D eigenvalue weighted by molar-refractivity contribution is -0.141. The van der Waals surface area contributed by atoms with E-state index in [4.69, 9.17) is 9.84 Å². The summed E-state index contributed by atoms with van der Waals surface area (Å²) in [5.74, 6) is -0.593. The molecule has 1 amide bonds. The Balaban J connectivity index is 2.32. The van der Waals surface area contributed by atoms with Gasteiger partial charge >= 0.3 is 5.97 Å². The Labute approximate surface area is 118 Å². The molecule has 0 aromatic heterocycles. The molecule has 0 aliphatic rings. The summed E-state index contributed by atoms with van der Waals surface area (Å²) >= 11 is 0. The lowest BCUT2D eigenvalue weighted by Crippen LogP contribution is -2.46. The molecule has 6 nitrogen and oxygen atoms in total. The van der Waals surface area contributed by atoms with Crippen LogP contribution in [0.25, 0.3) is 0 Å². The zero-order valence-electron chi connectivity index (χ0n) is 11.7. The van der Waals surface area contributed by atoms with E-state index in [1.807, 2.05) is 24.3 Å². The van der Waals surface area contributed by atoms with Crippen LogP contribution in [-0.4, -0.2) is 43.2 Å². The normalized spacial score (nSPS) is 11.7. The second kappa shape index (κ2) is 8.16. The van der Waals surface area contributed by atoms with E-state index in [1.54, 1.807) is 7.11 Å². The summed E-state index contributed by atoms with van der Waals surface area (Å²) in [5.41, 5.74) is 1.13. The maximum Gasteiger partial charge on any atom is 0.327 e. The van der Waals surface area contributed by atoms with Crippen LogP contribution in [0, 0.1) is 0 Å². The monoisotopic (exact) mass is 280 g/mol. The highest BCUT2D eigenvalue weighted by atomic mass is 16.5. The van der Waals surface area contributed by atoms with Crippen LogP contribution in [0.2, 0.25) is 0 Å². The fraction of sp³-hybridized carbons (Fsp3) is 0.429. The van der Waals surface area contributed by atoms with Crippen LogP contribution >= 0.6 is 0 Å². The van der Waals surface area contributed by atoms with Crippen molar-refractivity contribution in [2.75, 3.05) is 20.2 Å². The smallest absolute Gasteiger partial charge is 0.327 e. The molecule has 0 saturated heterocycles. The number of carbonyl (C=O) groups excluding carboxylic acids is 1. The Kier molecular flexibility index (Phi) is 6.52. The number of hydrogen-bond acceptors (Lipinski definition) is 4. The van der Waals surface area contributed by atoms with E-state index in [-0.39, 0.29) is 12.5 Å². The minimum absolute atomic E-state index is 0.199. The number of benzene rings is 1. The number of rotatable bonds is 8. The summed E-state index contributed by atoms with van der Waals surface area (Å²) in [6.45, 7) is 2.13. The predicted octanol–water partition coefficient (Wildman–Crippen LogP) is 0.417. The SMILES string of the molecule is COc1ccc(CCNCC(NC(C)=O)C(=O)O)cc1. The molecule has 0 heterocycles. The molecule has 20 heavy (non-hydrogen) atoms. The second-order valence-corrected chi connectivity index (χ2v) is 4.39. The third-order valence-electron chi connectivity index (χ3n) is 2.77. The van der Waals surface area contributed by atoms with Crippen LogP contribution in [0.1, 0.15) is 12.5 Å². The molecule has 0 bridgehead atoms. The van der Waals surface area contributed by atoms with E-state index in [0.29, 0.717) is 6.54 Å². The van der Waals surface area contributed by atoms with Crippen molar-refractivity contribution < 1.29 is 19.4 Å². The van der Waals surface area contributed by atoms with E-state index in [9.17, 15) is 9.59 Å². The van der Waals surface area contributed by atoms with Gasteiger partial charge in [-0.25, -0.2) is 4.79 Å². The molecule has 0 fully saturated rings. The number of nitrogens with one attached hydrogen (secondary N) is 2. The van der Waals surface area contributed by atoms with Crippen LogP contribution < -0.4 is 15.4 Å². The van der Waals surface area contributed by atoms with Crippen LogP contribution in [-0.2, 0) is 16.0 Å². The lowest BCUT2D eigenvalue weighted by Gasteiger charge is -2.14. The molecule has 6 heteroatoms. The van der Waals surface area contributed by atoms with Gasteiger partial charge in [0.15, 0.2) is 0 Å². The second-order valence-electron chi connectivity index (χ2n) is 4.39. The standard InChI is InChI=1S/C14H20N2O4/c1-10(17)16-13(14(18)19)9-15-8-7-11-3-5-12(20-2)6-4-11/h3-6,13,15H,7-9H2,1-2H3,(H,16,17)(H,18,19). The topological polar surface area (TPSA) is 87.7 Å². The fourth-order valence-corrected chi connectivity index (χ4v) is 1.72. The molecule has 1 aromatic rings. The third-order valence-corrected chi connectivity index (χ3v) is 2.77. The van der Waals surface area contributed by atoms with Gasteiger partial charge in [0.2, 0.25) is 5.91 Å². The van der Waals surface area contributed by atoms with E-state index in [1.165, 1.54) is 6.92 Å². The summed E-state index contributed by atoms with van der Waals surface area (Å²) in [6, 6.07) is 6.79. The van der Waals surface area contributed by atoms with Crippen LogP contribution in [0.15, 0.2) is 24.3 Å². The van der Waals surface area contributed by atoms with E-state index >= 15 is 0 Å². The summed E-state index contributed by atoms with van der Waals surface area (Å²) in [4.78, 5) is 21.8. The maximum atomic E-state index is 10.9. The molecule has 0 radical (unpaired) electrons. The van der Waals surface area contributed by atoms with Gasteiger partial charge in [-0.05, 0) is 30.7 Å². The molecular weight excluding hydrogens is 260 g/mol. The first-order valence-corrected chi connectivity index (χ1v) is 6.36. The van der Waals surface area contributed by atoms with Crippen molar-refractivity contribution in [2.24, 2.45) is 0 Å². The quantitative estimate of drug-likeness (QED) is 0.601. The first-order chi connectivity index (χ1) is 9.52. The van der Waals surface area contributed by atoms with Gasteiger partial charge in [-0.15, -0.1) is 0 Å². The van der Waals surface area contributed by atoms with Crippen LogP contribution in [0.4, 0.5) is 0 Å². The highest BCUT2D eigenvalue weighted by Gasteiger charge is 2.17. The Hall–Kier alpha value is -2.08. The van der Waals surface area contributed by atoms with E-state index in [0.717, 1.165) is 17.7 Å². The first-order valence-electron chi connectivity index (χ1n) is 6.36. The van der Waals surface area contributed by atoms with Crippen molar-refractivity contribution in [1.29, 1.82) is 0 Å². The van der Waals surface area contributed by atoms with Gasteiger partial charge in [0.25, 0.3) is 0 Å². The average molecular weight is 280 g/mol. The number of carboxylic acid groups (broad SMARTS) is 1. The van der Waals surface area contributed by atoms with Crippen LogP contribution in [0.5, 0.6) is 5.75 Å². The Morgan fingerprint density at radius 1 is 1.30 bits per heavy atom. The highest BCUT2D eigenvalue weighted by molar-refractivity contribution is 5.82. The fourth-order valence-electron chi connectivity index (χ4n) is 1.72. The molecule has 110 valence electrons. The molecule has 1 atom stereocenters. The van der Waals surface area contributed by atoms with Gasteiger partial charge in [-0.2, -0.15) is 0 Å². The summed E-state index contributed by atoms with van der Waals surface area (Å²) in [5, 5.41) is 14.3. The molecule has 0 spiro atoms. The van der Waals surface area contributed by atoms with Gasteiger partial charge < -0.3 is 20.5 Å². The van der Waals surface area contributed by atoms with Gasteiger partial charge in [-0.3, -0.25) is 4.79 Å². The van der Waals surface area contributed by atoms with Crippen LogP contribution in [0.3, 0.4) is 0 Å². The van der Waals surface area contributed by atoms with Crippen molar-refractivity contribution in [2.45, 2.75) is 19.4 Å². The number of carbonyl (C=O) groups is 2. The Bertz CT molecular complexity index is 445. The Morgan fingerprint density at radius 2 is 1.95 bits per heavy atom. The Morgan fingerprint density at radius 3 is 2.45 bits per heavy atom. The van der Waals surface area contributed by atoms with Gasteiger partial charge in [0, 0.05) is 13.5 Å². The molecule has 1 unspecified atom stereocenters. The van der Waals surface area contributed by atoms with E-state index < -0.39 is 12.0 Å². The molecule has 0 aliphatic heterocycles. The number of ether oxygens (including phenoxy) is 1. The number of amides is 1. The summed E-state index contributed by atoms with van der Waals surface area (Å²) < 4.78 is 5.07. The minimum atomic E-state index is -1.04. The molecule has 3 N–H and O–H groups in total. The number of hydrogen-bond donors (Lipinski definition) is 3. The zero-order chi connectivity index (χ0) is 15.0. The third kappa shape index (κ3) is 5.71. The van der Waals surface area contributed by atoms with E-state index in [2.05, 4.69) is 10.6 Å². The molecular formula is C14H20N2O4.